The molecule has 0 atom stereocenters. The van der Waals surface area contributed by atoms with Gasteiger partial charge in [-0.15, -0.1) is 0 Å². The number of carbonyl (C=O) groups is 1. The average molecular weight is 253 g/mol. The molecule has 6 heteroatoms. The smallest absolute Gasteiger partial charge is 0.273 e. The van der Waals surface area contributed by atoms with Gasteiger partial charge < -0.3 is 0 Å². The van der Waals surface area contributed by atoms with Gasteiger partial charge in [0, 0.05) is 18.6 Å². The lowest BCUT2D eigenvalue weighted by Crippen LogP contribution is -1.90. The van der Waals surface area contributed by atoms with Crippen LogP contribution < -0.4 is 0 Å². The number of nitrogens with zero attached hydrogens (tertiary/aromatic N) is 1. The Balaban J connectivity index is 2.84. The Kier molecular flexibility index (Phi) is 4.67. The number of nitro groups is 1. The Hall–Kier alpha value is -1.87. The summed E-state index contributed by atoms with van der Waals surface area (Å²) in [4.78, 5) is 20.4. The fourth-order valence-electron chi connectivity index (χ4n) is 1.03. The number of benzene rings is 1. The van der Waals surface area contributed by atoms with Crippen LogP contribution in [0, 0.1) is 27.8 Å². The zero-order valence-corrected chi connectivity index (χ0v) is 9.71. The number of hydrogen-bond donors (Lipinski definition) is 0. The highest BCUT2D eigenvalue weighted by Gasteiger charge is 2.08. The van der Waals surface area contributed by atoms with E-state index in [4.69, 9.17) is 0 Å². The van der Waals surface area contributed by atoms with Crippen LogP contribution in [0.4, 0.5) is 10.1 Å². The highest BCUT2D eigenvalue weighted by Crippen LogP contribution is 2.15. The summed E-state index contributed by atoms with van der Waals surface area (Å²) in [5, 5.41) is 10.4. The zero-order valence-electron chi connectivity index (χ0n) is 8.90. The van der Waals surface area contributed by atoms with Crippen molar-refractivity contribution in [3.63, 3.8) is 0 Å². The van der Waals surface area contributed by atoms with E-state index in [9.17, 15) is 19.3 Å². The van der Waals surface area contributed by atoms with Crippen LogP contribution in [0.2, 0.25) is 0 Å². The van der Waals surface area contributed by atoms with Crippen LogP contribution in [0.3, 0.4) is 0 Å². The Morgan fingerprint density at radius 2 is 2.24 bits per heavy atom. The van der Waals surface area contributed by atoms with E-state index in [1.54, 1.807) is 0 Å². The Morgan fingerprint density at radius 1 is 1.53 bits per heavy atom. The molecule has 0 N–H and O–H groups in total. The lowest BCUT2D eigenvalue weighted by atomic mass is 10.2. The lowest BCUT2D eigenvalue weighted by molar-refractivity contribution is -0.385. The van der Waals surface area contributed by atoms with E-state index < -0.39 is 10.7 Å². The lowest BCUT2D eigenvalue weighted by Gasteiger charge is -1.93. The Morgan fingerprint density at radius 3 is 2.82 bits per heavy atom. The topological polar surface area (TPSA) is 60.2 Å². The summed E-state index contributed by atoms with van der Waals surface area (Å²) in [7, 11) is 0. The van der Waals surface area contributed by atoms with Crippen LogP contribution >= 0.6 is 11.8 Å². The van der Waals surface area contributed by atoms with Crippen LogP contribution in [-0.2, 0) is 4.79 Å². The van der Waals surface area contributed by atoms with E-state index >= 15 is 0 Å². The first kappa shape index (κ1) is 13.2. The Bertz CT molecular complexity index is 519. The number of thioether (sulfide) groups is 1. The third-order valence-corrected chi connectivity index (χ3v) is 2.37. The summed E-state index contributed by atoms with van der Waals surface area (Å²) in [6, 6.07) is 3.13. The monoisotopic (exact) mass is 253 g/mol. The van der Waals surface area contributed by atoms with Crippen LogP contribution in [0.15, 0.2) is 18.2 Å². The molecule has 0 fully saturated rings. The normalized spacial score (nSPS) is 9.29. The van der Waals surface area contributed by atoms with Gasteiger partial charge in [0.25, 0.3) is 5.69 Å². The van der Waals surface area contributed by atoms with Gasteiger partial charge >= 0.3 is 0 Å². The van der Waals surface area contributed by atoms with E-state index in [1.807, 2.05) is 0 Å². The minimum absolute atomic E-state index is 0.0653. The summed E-state index contributed by atoms with van der Waals surface area (Å²) in [5.41, 5.74) is -0.116. The zero-order chi connectivity index (χ0) is 12.8. The highest BCUT2D eigenvalue weighted by molar-refractivity contribution is 8.13. The minimum atomic E-state index is -0.706. The molecule has 0 saturated heterocycles. The van der Waals surface area contributed by atoms with Crippen LogP contribution in [-0.4, -0.2) is 15.8 Å². The number of halogens is 1. The summed E-state index contributed by atoms with van der Waals surface area (Å²) in [6.45, 7) is 1.42. The first-order chi connectivity index (χ1) is 7.99. The number of carbonyl (C=O) groups excluding carboxylic acids is 1. The second-order valence-corrected chi connectivity index (χ2v) is 4.19. The van der Waals surface area contributed by atoms with Gasteiger partial charge in [0.1, 0.15) is 5.82 Å². The first-order valence-electron chi connectivity index (χ1n) is 4.56. The molecule has 0 heterocycles. The summed E-state index contributed by atoms with van der Waals surface area (Å²) in [6.07, 6.45) is 0. The first-order valence-corrected chi connectivity index (χ1v) is 5.55. The van der Waals surface area contributed by atoms with Gasteiger partial charge in [-0.1, -0.05) is 23.6 Å². The average Bonchev–Trinajstić information content (AvgIpc) is 2.23. The van der Waals surface area contributed by atoms with Crippen molar-refractivity contribution in [1.82, 2.24) is 0 Å². The maximum atomic E-state index is 13.0. The third-order valence-electron chi connectivity index (χ3n) is 1.67. The van der Waals surface area contributed by atoms with Gasteiger partial charge in [-0.25, -0.2) is 4.39 Å². The molecule has 88 valence electrons. The van der Waals surface area contributed by atoms with Crippen molar-refractivity contribution in [3.05, 3.63) is 39.7 Å². The molecule has 0 aliphatic carbocycles. The van der Waals surface area contributed by atoms with Crippen molar-refractivity contribution in [1.29, 1.82) is 0 Å². The second-order valence-electron chi connectivity index (χ2n) is 3.04. The second kappa shape index (κ2) is 6.01. The molecular formula is C11H8FNO3S. The molecule has 0 radical (unpaired) electrons. The molecule has 0 saturated carbocycles. The van der Waals surface area contributed by atoms with Crippen molar-refractivity contribution in [2.24, 2.45) is 0 Å². The molecule has 0 aromatic heterocycles. The van der Waals surface area contributed by atoms with E-state index in [2.05, 4.69) is 11.8 Å². The molecule has 4 nitrogen and oxygen atoms in total. The summed E-state index contributed by atoms with van der Waals surface area (Å²) < 4.78 is 13.0. The number of nitro benzene ring substituents is 1. The van der Waals surface area contributed by atoms with Crippen LogP contribution in [0.1, 0.15) is 12.5 Å². The molecule has 0 amide bonds. The van der Waals surface area contributed by atoms with E-state index in [-0.39, 0.29) is 22.1 Å². The van der Waals surface area contributed by atoms with Gasteiger partial charge in [-0.05, 0) is 6.07 Å². The van der Waals surface area contributed by atoms with Gasteiger partial charge in [0.2, 0.25) is 0 Å². The van der Waals surface area contributed by atoms with Crippen molar-refractivity contribution < 1.29 is 14.1 Å². The van der Waals surface area contributed by atoms with Crippen LogP contribution in [0.5, 0.6) is 0 Å². The molecule has 1 aromatic rings. The van der Waals surface area contributed by atoms with Gasteiger partial charge in [0.05, 0.1) is 16.7 Å². The van der Waals surface area contributed by atoms with E-state index in [0.29, 0.717) is 0 Å². The fraction of sp³-hybridized carbons (Fsp3) is 0.182. The standard InChI is InChI=1S/C11H8FNO3S/c1-8(14)17-4-2-3-9-5-10(12)7-11(6-9)13(15)16/h5-7H,4H2,1H3. The maximum absolute atomic E-state index is 13.0. The molecule has 17 heavy (non-hydrogen) atoms. The SMILES string of the molecule is CC(=O)SCC#Cc1cc(F)cc([N+](=O)[O-])c1. The van der Waals surface area contributed by atoms with Gasteiger partial charge in [0.15, 0.2) is 5.12 Å². The van der Waals surface area contributed by atoms with Gasteiger partial charge in [-0.2, -0.15) is 0 Å². The number of rotatable bonds is 2. The molecular weight excluding hydrogens is 245 g/mol. The van der Waals surface area contributed by atoms with Crippen molar-refractivity contribution in [2.45, 2.75) is 6.92 Å². The molecule has 1 aromatic carbocycles. The molecule has 1 rings (SSSR count). The number of non-ortho nitro benzene ring substituents is 1. The third kappa shape index (κ3) is 4.66. The number of hydrogen-bond acceptors (Lipinski definition) is 4. The molecule has 0 spiro atoms. The van der Waals surface area contributed by atoms with Gasteiger partial charge in [-0.3, -0.25) is 14.9 Å². The fourth-order valence-corrected chi connectivity index (χ4v) is 1.38. The van der Waals surface area contributed by atoms with Crippen molar-refractivity contribution in [3.8, 4) is 11.8 Å². The Labute approximate surface area is 101 Å². The minimum Gasteiger partial charge on any atom is -0.288 e. The largest absolute Gasteiger partial charge is 0.288 e. The van der Waals surface area contributed by atoms with E-state index in [0.717, 1.165) is 23.9 Å². The maximum Gasteiger partial charge on any atom is 0.273 e. The summed E-state index contributed by atoms with van der Waals surface area (Å²) >= 11 is 1.03. The van der Waals surface area contributed by atoms with Crippen molar-refractivity contribution >= 4 is 22.6 Å². The van der Waals surface area contributed by atoms with E-state index in [1.165, 1.54) is 13.0 Å². The highest BCUT2D eigenvalue weighted by atomic mass is 32.2. The predicted octanol–water partition coefficient (Wildman–Crippen LogP) is 2.37. The van der Waals surface area contributed by atoms with Crippen LogP contribution in [0.25, 0.3) is 0 Å². The molecule has 0 aliphatic heterocycles. The molecule has 0 aliphatic rings. The quantitative estimate of drug-likeness (QED) is 0.461. The predicted molar refractivity (Wildman–Crippen MR) is 63.1 cm³/mol. The van der Waals surface area contributed by atoms with Crippen molar-refractivity contribution in [2.75, 3.05) is 5.75 Å². The summed E-state index contributed by atoms with van der Waals surface area (Å²) in [5.74, 6) is 4.77. The molecule has 0 bridgehead atoms. The molecule has 0 unspecified atom stereocenters.